The van der Waals surface area contributed by atoms with Crippen LogP contribution in [0, 0.1) is 10.1 Å². The quantitative estimate of drug-likeness (QED) is 0.136. The molecule has 226 valence electrons. The molecule has 4 aromatic rings. The minimum absolute atomic E-state index is 0. The fourth-order valence-electron chi connectivity index (χ4n) is 4.50. The zero-order valence-corrected chi connectivity index (χ0v) is 26.2. The third kappa shape index (κ3) is 8.79. The molecular formula is C26H30Cl5N9O2. The zero-order valence-electron chi connectivity index (χ0n) is 22.3. The van der Waals surface area contributed by atoms with Crippen molar-refractivity contribution in [1.82, 2.24) is 29.8 Å². The highest BCUT2D eigenvalue weighted by Crippen LogP contribution is 2.35. The molecule has 1 aliphatic heterocycles. The van der Waals surface area contributed by atoms with Crippen LogP contribution in [0.15, 0.2) is 55.1 Å². The van der Waals surface area contributed by atoms with Crippen molar-refractivity contribution in [2.75, 3.05) is 49.5 Å². The Balaban J connectivity index is 0.00000205. The Morgan fingerprint density at radius 1 is 1.00 bits per heavy atom. The van der Waals surface area contributed by atoms with E-state index in [4.69, 9.17) is 33.2 Å². The number of likely N-dealkylation sites (tertiary alicyclic amines) is 1. The average molecular weight is 678 g/mol. The average Bonchev–Trinajstić information content (AvgIpc) is 3.66. The van der Waals surface area contributed by atoms with E-state index in [9.17, 15) is 10.1 Å². The summed E-state index contributed by atoms with van der Waals surface area (Å²) in [7, 11) is 0. The van der Waals surface area contributed by atoms with E-state index in [-0.39, 0.29) is 42.9 Å². The van der Waals surface area contributed by atoms with Crippen LogP contribution >= 0.6 is 60.4 Å². The third-order valence-electron chi connectivity index (χ3n) is 6.53. The summed E-state index contributed by atoms with van der Waals surface area (Å²) < 4.78 is 0. The molecular weight excluding hydrogens is 648 g/mol. The van der Waals surface area contributed by atoms with Gasteiger partial charge in [-0.05, 0) is 50.2 Å². The molecule has 1 saturated heterocycles. The lowest BCUT2D eigenvalue weighted by molar-refractivity contribution is -0.385. The van der Waals surface area contributed by atoms with Gasteiger partial charge in [-0.3, -0.25) is 10.1 Å². The molecule has 0 spiro atoms. The summed E-state index contributed by atoms with van der Waals surface area (Å²) in [4.78, 5) is 36.4. The number of halogens is 5. The van der Waals surface area contributed by atoms with E-state index in [0.29, 0.717) is 46.4 Å². The second-order valence-electron chi connectivity index (χ2n) is 9.12. The maximum Gasteiger partial charge on any atom is 0.287 e. The molecule has 11 nitrogen and oxygen atoms in total. The number of pyridine rings is 1. The van der Waals surface area contributed by atoms with Gasteiger partial charge in [0.1, 0.15) is 17.8 Å². The number of aromatic amines is 1. The van der Waals surface area contributed by atoms with Crippen LogP contribution < -0.4 is 10.2 Å². The predicted molar refractivity (Wildman–Crippen MR) is 174 cm³/mol. The minimum atomic E-state index is -0.467. The van der Waals surface area contributed by atoms with E-state index in [2.05, 4.69) is 30.1 Å². The summed E-state index contributed by atoms with van der Waals surface area (Å²) in [6.45, 7) is 4.90. The molecule has 42 heavy (non-hydrogen) atoms. The zero-order chi connectivity index (χ0) is 27.2. The molecule has 4 heterocycles. The van der Waals surface area contributed by atoms with Crippen molar-refractivity contribution < 1.29 is 4.92 Å². The van der Waals surface area contributed by atoms with Crippen molar-refractivity contribution in [3.63, 3.8) is 0 Å². The first kappa shape index (κ1) is 35.3. The van der Waals surface area contributed by atoms with Gasteiger partial charge in [-0.25, -0.2) is 19.9 Å². The van der Waals surface area contributed by atoms with Crippen LogP contribution in [0.1, 0.15) is 12.8 Å². The van der Waals surface area contributed by atoms with Crippen molar-refractivity contribution in [2.24, 2.45) is 0 Å². The number of nitro groups is 1. The topological polar surface area (TPSA) is 129 Å². The van der Waals surface area contributed by atoms with Crippen LogP contribution in [0.3, 0.4) is 0 Å². The first-order valence-corrected chi connectivity index (χ1v) is 13.4. The van der Waals surface area contributed by atoms with Crippen LogP contribution in [-0.4, -0.2) is 74.0 Å². The summed E-state index contributed by atoms with van der Waals surface area (Å²) in [6, 6.07) is 8.35. The Labute approximate surface area is 271 Å². The number of rotatable bonds is 11. The summed E-state index contributed by atoms with van der Waals surface area (Å²) in [6.07, 6.45) is 8.84. The van der Waals surface area contributed by atoms with Gasteiger partial charge in [0.15, 0.2) is 0 Å². The van der Waals surface area contributed by atoms with E-state index >= 15 is 0 Å². The van der Waals surface area contributed by atoms with Gasteiger partial charge in [0.25, 0.3) is 5.69 Å². The Morgan fingerprint density at radius 2 is 1.79 bits per heavy atom. The van der Waals surface area contributed by atoms with Crippen molar-refractivity contribution >= 4 is 77.9 Å². The molecule has 0 atom stereocenters. The molecule has 0 bridgehead atoms. The molecule has 1 fully saturated rings. The molecule has 5 rings (SSSR count). The lowest BCUT2D eigenvalue weighted by Crippen LogP contribution is -2.37. The number of imidazole rings is 1. The molecule has 16 heteroatoms. The molecule has 3 aromatic heterocycles. The maximum atomic E-state index is 10.9. The van der Waals surface area contributed by atoms with Gasteiger partial charge in [0.2, 0.25) is 5.95 Å². The van der Waals surface area contributed by atoms with Gasteiger partial charge in [0, 0.05) is 61.4 Å². The number of benzene rings is 1. The molecule has 0 radical (unpaired) electrons. The second-order valence-corrected chi connectivity index (χ2v) is 9.96. The molecule has 0 saturated carbocycles. The van der Waals surface area contributed by atoms with Gasteiger partial charge in [-0.1, -0.05) is 23.2 Å². The maximum absolute atomic E-state index is 10.9. The summed E-state index contributed by atoms with van der Waals surface area (Å²) >= 11 is 12.8. The largest absolute Gasteiger partial charge is 0.368 e. The number of nitrogens with zero attached hydrogens (tertiary/aromatic N) is 7. The monoisotopic (exact) mass is 675 g/mol. The fourth-order valence-corrected chi connectivity index (χ4v) is 4.99. The Hall–Kier alpha value is -2.93. The number of hydrogen-bond donors (Lipinski definition) is 2. The number of anilines is 2. The first-order valence-electron chi connectivity index (χ1n) is 12.6. The van der Waals surface area contributed by atoms with Crippen molar-refractivity contribution in [3.05, 3.63) is 75.3 Å². The summed E-state index contributed by atoms with van der Waals surface area (Å²) in [5.74, 6) is 1.75. The number of aromatic nitrogens is 5. The van der Waals surface area contributed by atoms with Crippen LogP contribution in [-0.2, 0) is 0 Å². The summed E-state index contributed by atoms with van der Waals surface area (Å²) in [5.41, 5.74) is 2.04. The van der Waals surface area contributed by atoms with Crippen molar-refractivity contribution in [1.29, 1.82) is 0 Å². The number of nitrogens with one attached hydrogen (secondary N) is 2. The molecule has 2 N–H and O–H groups in total. The van der Waals surface area contributed by atoms with E-state index in [1.165, 1.54) is 25.1 Å². The lowest BCUT2D eigenvalue weighted by atomic mass is 10.1. The molecule has 1 aliphatic rings. The summed E-state index contributed by atoms with van der Waals surface area (Å²) in [5, 5.41) is 15.2. The van der Waals surface area contributed by atoms with E-state index < -0.39 is 4.92 Å². The SMILES string of the molecule is Cl.Cl.Cl.O=[N+]([O-])c1ccc(NCCN(CCN2CCCC2)c2ncc(-c3ncc[nH]3)c(-c3ccc(Cl)cc3Cl)n2)nc1. The van der Waals surface area contributed by atoms with Crippen molar-refractivity contribution in [3.8, 4) is 22.6 Å². The second kappa shape index (κ2) is 16.6. The minimum Gasteiger partial charge on any atom is -0.368 e. The van der Waals surface area contributed by atoms with E-state index in [0.717, 1.165) is 37.3 Å². The predicted octanol–water partition coefficient (Wildman–Crippen LogP) is 6.42. The highest BCUT2D eigenvalue weighted by molar-refractivity contribution is 6.36. The van der Waals surface area contributed by atoms with Crippen molar-refractivity contribution in [2.45, 2.75) is 12.8 Å². The highest BCUT2D eigenvalue weighted by Gasteiger charge is 2.20. The van der Waals surface area contributed by atoms with Gasteiger partial charge in [-0.15, -0.1) is 37.2 Å². The molecule has 0 aliphatic carbocycles. The molecule has 1 aromatic carbocycles. The number of hydrogen-bond acceptors (Lipinski definition) is 9. The number of H-pyrrole nitrogens is 1. The normalized spacial score (nSPS) is 12.5. The van der Waals surface area contributed by atoms with E-state index in [1.54, 1.807) is 36.8 Å². The molecule has 0 unspecified atom stereocenters. The Morgan fingerprint density at radius 3 is 2.43 bits per heavy atom. The van der Waals surface area contributed by atoms with Gasteiger partial charge in [-0.2, -0.15) is 0 Å². The lowest BCUT2D eigenvalue weighted by Gasteiger charge is -2.26. The van der Waals surface area contributed by atoms with Gasteiger partial charge in [0.05, 0.1) is 21.2 Å². The Bertz CT molecular complexity index is 1420. The smallest absolute Gasteiger partial charge is 0.287 e. The Kier molecular flexibility index (Phi) is 14.0. The van der Waals surface area contributed by atoms with Gasteiger partial charge >= 0.3 is 0 Å². The first-order chi connectivity index (χ1) is 19.0. The highest BCUT2D eigenvalue weighted by atomic mass is 35.5. The fraction of sp³-hybridized carbons (Fsp3) is 0.308. The van der Waals surface area contributed by atoms with Crippen LogP contribution in [0.25, 0.3) is 22.6 Å². The van der Waals surface area contributed by atoms with E-state index in [1.807, 2.05) is 6.07 Å². The standard InChI is InChI=1S/C26H27Cl2N9O2.3ClH/c27-18-3-5-20(22(28)15-18)24-21(25-30-7-8-31-25)17-33-26(34-24)36(14-13-35-10-1-2-11-35)12-9-29-23-6-4-19(16-32-23)37(38)39;;;/h3-8,15-17H,1-2,9-14H2,(H,29,32)(H,30,31);3*1H. The van der Waals surface area contributed by atoms with Gasteiger partial charge < -0.3 is 20.1 Å². The third-order valence-corrected chi connectivity index (χ3v) is 7.08. The van der Waals surface area contributed by atoms with Crippen LogP contribution in [0.4, 0.5) is 17.5 Å². The van der Waals surface area contributed by atoms with Crippen LogP contribution in [0.2, 0.25) is 10.0 Å². The van der Waals surface area contributed by atoms with Crippen LogP contribution in [0.5, 0.6) is 0 Å². The molecule has 0 amide bonds.